The summed E-state index contributed by atoms with van der Waals surface area (Å²) < 4.78 is 5.89. The zero-order valence-corrected chi connectivity index (χ0v) is 11.8. The molecule has 1 saturated carbocycles. The van der Waals surface area contributed by atoms with E-state index >= 15 is 0 Å². The average molecular weight is 289 g/mol. The van der Waals surface area contributed by atoms with E-state index in [-0.39, 0.29) is 11.8 Å². The second-order valence-electron chi connectivity index (χ2n) is 5.81. The van der Waals surface area contributed by atoms with E-state index < -0.39 is 11.6 Å². The number of carbonyl (C=O) groups excluding carboxylic acids is 1. The monoisotopic (exact) mass is 289 g/mol. The number of piperidine rings is 1. The van der Waals surface area contributed by atoms with Gasteiger partial charge in [0.05, 0.1) is 5.92 Å². The summed E-state index contributed by atoms with van der Waals surface area (Å²) in [6.07, 6.45) is 2.53. The van der Waals surface area contributed by atoms with Crippen LogP contribution in [0.25, 0.3) is 0 Å². The summed E-state index contributed by atoms with van der Waals surface area (Å²) >= 11 is 0. The second-order valence-corrected chi connectivity index (χ2v) is 5.81. The number of benzene rings is 1. The van der Waals surface area contributed by atoms with Crippen molar-refractivity contribution in [1.82, 2.24) is 4.90 Å². The number of carboxylic acid groups (broad SMARTS) is 1. The molecule has 0 radical (unpaired) electrons. The number of hydrogen-bond acceptors (Lipinski definition) is 3. The van der Waals surface area contributed by atoms with Crippen molar-refractivity contribution in [3.05, 3.63) is 30.3 Å². The topological polar surface area (TPSA) is 66.8 Å². The Morgan fingerprint density at radius 2 is 1.76 bits per heavy atom. The molecule has 1 aliphatic carbocycles. The van der Waals surface area contributed by atoms with Crippen LogP contribution in [-0.2, 0) is 9.59 Å². The van der Waals surface area contributed by atoms with Crippen molar-refractivity contribution in [2.24, 2.45) is 5.92 Å². The highest BCUT2D eigenvalue weighted by atomic mass is 16.5. The Balaban J connectivity index is 1.62. The molecular formula is C16H19NO4. The number of likely N-dealkylation sites (tertiary alicyclic amines) is 1. The van der Waals surface area contributed by atoms with Crippen LogP contribution in [0.5, 0.6) is 5.75 Å². The maximum absolute atomic E-state index is 12.6. The fourth-order valence-electron chi connectivity index (χ4n) is 2.80. The van der Waals surface area contributed by atoms with Gasteiger partial charge in [-0.3, -0.25) is 9.59 Å². The molecule has 5 heteroatoms. The number of carbonyl (C=O) groups is 2. The standard InChI is InChI=1S/C16H19NO4/c18-14(19)12-6-10-17(11-7-12)15(20)16(8-9-16)21-13-4-2-1-3-5-13/h1-5,12H,6-11H2,(H,18,19). The molecule has 1 N–H and O–H groups in total. The number of rotatable bonds is 4. The SMILES string of the molecule is O=C(O)C1CCN(C(=O)C2(Oc3ccccc3)CC2)CC1. The first kappa shape index (κ1) is 13.9. The summed E-state index contributed by atoms with van der Waals surface area (Å²) in [5.74, 6) is -0.359. The highest BCUT2D eigenvalue weighted by Gasteiger charge is 2.55. The molecule has 1 aromatic rings. The highest BCUT2D eigenvalue weighted by molar-refractivity contribution is 5.89. The Morgan fingerprint density at radius 1 is 1.14 bits per heavy atom. The molecule has 5 nitrogen and oxygen atoms in total. The normalized spacial score (nSPS) is 20.9. The molecule has 0 spiro atoms. The van der Waals surface area contributed by atoms with E-state index in [4.69, 9.17) is 9.84 Å². The molecule has 0 bridgehead atoms. The summed E-state index contributed by atoms with van der Waals surface area (Å²) in [5.41, 5.74) is -0.711. The van der Waals surface area contributed by atoms with E-state index in [1.54, 1.807) is 4.90 Å². The molecule has 2 aliphatic rings. The number of aliphatic carboxylic acids is 1. The Kier molecular flexibility index (Phi) is 3.57. The van der Waals surface area contributed by atoms with Crippen molar-refractivity contribution in [2.45, 2.75) is 31.3 Å². The van der Waals surface area contributed by atoms with E-state index in [2.05, 4.69) is 0 Å². The van der Waals surface area contributed by atoms with Gasteiger partial charge in [0.2, 0.25) is 0 Å². The molecule has 21 heavy (non-hydrogen) atoms. The maximum Gasteiger partial charge on any atom is 0.306 e. The van der Waals surface area contributed by atoms with Gasteiger partial charge in [0.15, 0.2) is 5.60 Å². The molecule has 0 aromatic heterocycles. The smallest absolute Gasteiger partial charge is 0.306 e. The van der Waals surface area contributed by atoms with Gasteiger partial charge in [-0.1, -0.05) is 18.2 Å². The fourth-order valence-corrected chi connectivity index (χ4v) is 2.80. The predicted molar refractivity (Wildman–Crippen MR) is 76.0 cm³/mol. The third-order valence-electron chi connectivity index (χ3n) is 4.28. The summed E-state index contributed by atoms with van der Waals surface area (Å²) in [6, 6.07) is 9.38. The molecule has 112 valence electrons. The second kappa shape index (κ2) is 5.39. The molecule has 1 amide bonds. The summed E-state index contributed by atoms with van der Waals surface area (Å²) in [4.78, 5) is 25.3. The Labute approximate surface area is 123 Å². The van der Waals surface area contributed by atoms with Crippen molar-refractivity contribution in [2.75, 3.05) is 13.1 Å². The first-order valence-corrected chi connectivity index (χ1v) is 7.37. The molecule has 1 heterocycles. The van der Waals surface area contributed by atoms with Gasteiger partial charge in [-0.05, 0) is 25.0 Å². The minimum Gasteiger partial charge on any atom is -0.481 e. The Bertz CT molecular complexity index is 530. The lowest BCUT2D eigenvalue weighted by Crippen LogP contribution is -2.48. The van der Waals surface area contributed by atoms with Crippen LogP contribution in [0.1, 0.15) is 25.7 Å². The number of carboxylic acids is 1. The Morgan fingerprint density at radius 3 is 2.29 bits per heavy atom. The lowest BCUT2D eigenvalue weighted by atomic mass is 9.96. The lowest BCUT2D eigenvalue weighted by Gasteiger charge is -2.33. The first-order valence-electron chi connectivity index (χ1n) is 7.37. The van der Waals surface area contributed by atoms with Gasteiger partial charge < -0.3 is 14.7 Å². The lowest BCUT2D eigenvalue weighted by molar-refractivity contribution is -0.148. The van der Waals surface area contributed by atoms with Crippen LogP contribution >= 0.6 is 0 Å². The van der Waals surface area contributed by atoms with Crippen LogP contribution in [0.2, 0.25) is 0 Å². The van der Waals surface area contributed by atoms with Gasteiger partial charge in [-0.15, -0.1) is 0 Å². The molecule has 0 atom stereocenters. The van der Waals surface area contributed by atoms with Crippen molar-refractivity contribution < 1.29 is 19.4 Å². The van der Waals surface area contributed by atoms with Gasteiger partial charge in [0.1, 0.15) is 5.75 Å². The van der Waals surface area contributed by atoms with Crippen molar-refractivity contribution in [1.29, 1.82) is 0 Å². The number of hydrogen-bond donors (Lipinski definition) is 1. The van der Waals surface area contributed by atoms with Crippen LogP contribution in [0.4, 0.5) is 0 Å². The fraction of sp³-hybridized carbons (Fsp3) is 0.500. The average Bonchev–Trinajstić information content (AvgIpc) is 3.28. The number of nitrogens with zero attached hydrogens (tertiary/aromatic N) is 1. The van der Waals surface area contributed by atoms with Crippen molar-refractivity contribution in [3.8, 4) is 5.75 Å². The van der Waals surface area contributed by atoms with Gasteiger partial charge in [0.25, 0.3) is 5.91 Å². The number of para-hydroxylation sites is 1. The molecule has 2 fully saturated rings. The summed E-state index contributed by atoms with van der Waals surface area (Å²) in [7, 11) is 0. The van der Waals surface area contributed by atoms with Crippen LogP contribution in [0.3, 0.4) is 0 Å². The third kappa shape index (κ3) is 2.86. The van der Waals surface area contributed by atoms with Crippen LogP contribution in [0.15, 0.2) is 30.3 Å². The van der Waals surface area contributed by atoms with E-state index in [0.717, 1.165) is 12.8 Å². The quantitative estimate of drug-likeness (QED) is 0.919. The van der Waals surface area contributed by atoms with Gasteiger partial charge in [0, 0.05) is 25.9 Å². The predicted octanol–water partition coefficient (Wildman–Crippen LogP) is 1.92. The molecular weight excluding hydrogens is 270 g/mol. The van der Waals surface area contributed by atoms with Crippen LogP contribution in [-0.4, -0.2) is 40.6 Å². The van der Waals surface area contributed by atoms with Crippen LogP contribution in [0, 0.1) is 5.92 Å². The van der Waals surface area contributed by atoms with E-state index in [0.29, 0.717) is 31.7 Å². The van der Waals surface area contributed by atoms with Crippen molar-refractivity contribution in [3.63, 3.8) is 0 Å². The number of amides is 1. The first-order chi connectivity index (χ1) is 10.1. The van der Waals surface area contributed by atoms with Crippen molar-refractivity contribution >= 4 is 11.9 Å². The summed E-state index contributed by atoms with van der Waals surface area (Å²) in [5, 5.41) is 9.00. The highest BCUT2D eigenvalue weighted by Crippen LogP contribution is 2.42. The van der Waals surface area contributed by atoms with E-state index in [9.17, 15) is 9.59 Å². The number of ether oxygens (including phenoxy) is 1. The van der Waals surface area contributed by atoms with Gasteiger partial charge >= 0.3 is 5.97 Å². The maximum atomic E-state index is 12.6. The minimum absolute atomic E-state index is 0.00944. The van der Waals surface area contributed by atoms with E-state index in [1.165, 1.54) is 0 Å². The largest absolute Gasteiger partial charge is 0.481 e. The molecule has 1 aromatic carbocycles. The third-order valence-corrected chi connectivity index (χ3v) is 4.28. The molecule has 0 unspecified atom stereocenters. The zero-order chi connectivity index (χ0) is 14.9. The molecule has 1 saturated heterocycles. The zero-order valence-electron chi connectivity index (χ0n) is 11.8. The van der Waals surface area contributed by atoms with Crippen LogP contribution < -0.4 is 4.74 Å². The molecule has 3 rings (SSSR count). The van der Waals surface area contributed by atoms with E-state index in [1.807, 2.05) is 30.3 Å². The van der Waals surface area contributed by atoms with Gasteiger partial charge in [-0.2, -0.15) is 0 Å². The Hall–Kier alpha value is -2.04. The van der Waals surface area contributed by atoms with Gasteiger partial charge in [-0.25, -0.2) is 0 Å². The summed E-state index contributed by atoms with van der Waals surface area (Å²) in [6.45, 7) is 1.02. The minimum atomic E-state index is -0.760. The molecule has 1 aliphatic heterocycles.